The number of benzene rings is 2. The number of nitrogens with zero attached hydrogens (tertiary/aromatic N) is 2. The van der Waals surface area contributed by atoms with E-state index >= 15 is 0 Å². The van der Waals surface area contributed by atoms with Gasteiger partial charge in [0.05, 0.1) is 13.2 Å². The first kappa shape index (κ1) is 16.1. The minimum Gasteiger partial charge on any atom is -0.371 e. The van der Waals surface area contributed by atoms with E-state index in [1.54, 1.807) is 4.57 Å². The molecule has 0 spiro atoms. The fraction of sp³-hybridized carbons (Fsp3) is 0.350. The van der Waals surface area contributed by atoms with Crippen LogP contribution < -0.4 is 21.7 Å². The Morgan fingerprint density at radius 3 is 2.56 bits per heavy atom. The highest BCUT2D eigenvalue weighted by atomic mass is 16.6. The van der Waals surface area contributed by atoms with Gasteiger partial charge < -0.3 is 14.3 Å². The highest BCUT2D eigenvalue weighted by Crippen LogP contribution is 2.32. The Balaban J connectivity index is 2.00. The van der Waals surface area contributed by atoms with Crippen molar-refractivity contribution in [3.8, 4) is 0 Å². The predicted molar refractivity (Wildman–Crippen MR) is 103 cm³/mol. The maximum absolute atomic E-state index is 13.0. The largest absolute Gasteiger partial charge is 0.371 e. The van der Waals surface area contributed by atoms with Crippen molar-refractivity contribution in [1.29, 1.82) is 0 Å². The summed E-state index contributed by atoms with van der Waals surface area (Å²) in [7, 11) is 0. The molecule has 25 heavy (non-hydrogen) atoms. The van der Waals surface area contributed by atoms with E-state index in [0.717, 1.165) is 40.0 Å². The SMILES string of the molecule is C=c1c2ccc(N3CCCCC3)c3cccc(c(=O)n1CCON)c32. The Bertz CT molecular complexity index is 986. The lowest BCUT2D eigenvalue weighted by Crippen LogP contribution is -2.35. The van der Waals surface area contributed by atoms with E-state index in [0.29, 0.717) is 6.54 Å². The summed E-state index contributed by atoms with van der Waals surface area (Å²) in [6, 6.07) is 10.3. The Morgan fingerprint density at radius 2 is 1.80 bits per heavy atom. The predicted octanol–water partition coefficient (Wildman–Crippen LogP) is 2.16. The van der Waals surface area contributed by atoms with Gasteiger partial charge in [-0.2, -0.15) is 0 Å². The fourth-order valence-corrected chi connectivity index (χ4v) is 4.01. The minimum absolute atomic E-state index is 0.0315. The van der Waals surface area contributed by atoms with Gasteiger partial charge >= 0.3 is 0 Å². The van der Waals surface area contributed by atoms with Gasteiger partial charge in [0.25, 0.3) is 5.56 Å². The molecule has 4 rings (SSSR count). The molecule has 5 heteroatoms. The van der Waals surface area contributed by atoms with Crippen molar-refractivity contribution in [2.75, 3.05) is 24.6 Å². The molecule has 1 aromatic heterocycles. The van der Waals surface area contributed by atoms with Crippen LogP contribution in [0.5, 0.6) is 0 Å². The molecule has 3 aromatic rings. The van der Waals surface area contributed by atoms with Crippen LogP contribution >= 0.6 is 0 Å². The molecule has 1 aliphatic heterocycles. The lowest BCUT2D eigenvalue weighted by Gasteiger charge is -2.30. The molecule has 2 aromatic carbocycles. The highest BCUT2D eigenvalue weighted by Gasteiger charge is 2.17. The van der Waals surface area contributed by atoms with Crippen molar-refractivity contribution < 1.29 is 4.84 Å². The average Bonchev–Trinajstić information content (AvgIpc) is 2.66. The van der Waals surface area contributed by atoms with Crippen LogP contribution in [0.2, 0.25) is 0 Å². The van der Waals surface area contributed by atoms with E-state index < -0.39 is 0 Å². The van der Waals surface area contributed by atoms with Crippen LogP contribution in [-0.2, 0) is 11.4 Å². The van der Waals surface area contributed by atoms with Gasteiger partial charge in [-0.25, -0.2) is 5.90 Å². The molecule has 0 amide bonds. The third-order valence-corrected chi connectivity index (χ3v) is 5.26. The van der Waals surface area contributed by atoms with Gasteiger partial charge in [-0.1, -0.05) is 24.8 Å². The monoisotopic (exact) mass is 337 g/mol. The number of pyridine rings is 1. The summed E-state index contributed by atoms with van der Waals surface area (Å²) < 4.78 is 1.66. The molecule has 0 aliphatic carbocycles. The van der Waals surface area contributed by atoms with Crippen molar-refractivity contribution in [2.24, 2.45) is 5.90 Å². The standard InChI is InChI=1S/C20H23N3O2/c1-14-15-8-9-18(22-10-3-2-4-11-22)16-6-5-7-17(19(15)16)20(24)23(14)12-13-25-21/h5-9H,1-4,10-13,21H2. The van der Waals surface area contributed by atoms with E-state index in [-0.39, 0.29) is 12.2 Å². The molecule has 1 aliphatic rings. The van der Waals surface area contributed by atoms with Crippen LogP contribution in [0.15, 0.2) is 35.1 Å². The number of rotatable bonds is 4. The average molecular weight is 337 g/mol. The summed E-state index contributed by atoms with van der Waals surface area (Å²) in [6.45, 7) is 6.99. The van der Waals surface area contributed by atoms with Crippen molar-refractivity contribution in [2.45, 2.75) is 25.8 Å². The normalized spacial score (nSPS) is 15.3. The molecule has 2 heterocycles. The molecule has 5 nitrogen and oxygen atoms in total. The quantitative estimate of drug-likeness (QED) is 0.741. The van der Waals surface area contributed by atoms with Crippen molar-refractivity contribution in [1.82, 2.24) is 4.57 Å². The van der Waals surface area contributed by atoms with Crippen molar-refractivity contribution >= 4 is 33.8 Å². The van der Waals surface area contributed by atoms with Gasteiger partial charge in [-0.05, 0) is 31.4 Å². The van der Waals surface area contributed by atoms with Gasteiger partial charge in [0.1, 0.15) is 0 Å². The molecule has 130 valence electrons. The van der Waals surface area contributed by atoms with Crippen LogP contribution in [0.1, 0.15) is 19.3 Å². The van der Waals surface area contributed by atoms with E-state index in [1.165, 1.54) is 24.9 Å². The second-order valence-electron chi connectivity index (χ2n) is 6.68. The maximum Gasteiger partial charge on any atom is 0.259 e. The van der Waals surface area contributed by atoms with Crippen LogP contribution in [0.25, 0.3) is 28.1 Å². The lowest BCUT2D eigenvalue weighted by atomic mass is 9.99. The second kappa shape index (κ2) is 6.50. The summed E-state index contributed by atoms with van der Waals surface area (Å²) >= 11 is 0. The molecule has 2 N–H and O–H groups in total. The zero-order valence-corrected chi connectivity index (χ0v) is 14.3. The number of aromatic nitrogens is 1. The smallest absolute Gasteiger partial charge is 0.259 e. The van der Waals surface area contributed by atoms with E-state index in [1.807, 2.05) is 12.1 Å². The number of hydrogen-bond donors (Lipinski definition) is 1. The summed E-state index contributed by atoms with van der Waals surface area (Å²) in [5.74, 6) is 5.14. The van der Waals surface area contributed by atoms with E-state index in [2.05, 4.69) is 34.5 Å². The summed E-state index contributed by atoms with van der Waals surface area (Å²) in [5.41, 5.74) is 1.19. The number of nitrogens with two attached hydrogens (primary N) is 1. The van der Waals surface area contributed by atoms with Crippen LogP contribution in [-0.4, -0.2) is 24.3 Å². The zero-order chi connectivity index (χ0) is 17.4. The van der Waals surface area contributed by atoms with Crippen molar-refractivity contribution in [3.05, 3.63) is 46.0 Å². The van der Waals surface area contributed by atoms with Gasteiger partial charge in [0.15, 0.2) is 0 Å². The Hall–Kier alpha value is -2.37. The molecule has 0 unspecified atom stereocenters. The first-order valence-corrected chi connectivity index (χ1v) is 8.86. The number of hydrogen-bond acceptors (Lipinski definition) is 4. The van der Waals surface area contributed by atoms with Gasteiger partial charge in [-0.3, -0.25) is 4.79 Å². The third-order valence-electron chi connectivity index (χ3n) is 5.26. The topological polar surface area (TPSA) is 60.5 Å². The Morgan fingerprint density at radius 1 is 1.04 bits per heavy atom. The maximum atomic E-state index is 13.0. The van der Waals surface area contributed by atoms with Crippen LogP contribution in [0.3, 0.4) is 0 Å². The van der Waals surface area contributed by atoms with E-state index in [4.69, 9.17) is 5.90 Å². The van der Waals surface area contributed by atoms with Crippen molar-refractivity contribution in [3.63, 3.8) is 0 Å². The summed E-state index contributed by atoms with van der Waals surface area (Å²) in [4.78, 5) is 20.1. The molecule has 1 saturated heterocycles. The molecule has 0 saturated carbocycles. The number of anilines is 1. The summed E-state index contributed by atoms with van der Waals surface area (Å²) in [5, 5.41) is 4.63. The van der Waals surface area contributed by atoms with Gasteiger partial charge in [-0.15, -0.1) is 0 Å². The van der Waals surface area contributed by atoms with Crippen LogP contribution in [0.4, 0.5) is 5.69 Å². The minimum atomic E-state index is -0.0315. The second-order valence-corrected chi connectivity index (χ2v) is 6.68. The Labute approximate surface area is 146 Å². The molecule has 0 radical (unpaired) electrons. The molecule has 1 fully saturated rings. The summed E-state index contributed by atoms with van der Waals surface area (Å²) in [6.07, 6.45) is 3.74. The third kappa shape index (κ3) is 2.60. The first-order valence-electron chi connectivity index (χ1n) is 8.86. The molecule has 0 atom stereocenters. The van der Waals surface area contributed by atoms with Gasteiger partial charge in [0.2, 0.25) is 0 Å². The molecular formula is C20H23N3O2. The number of piperidine rings is 1. The zero-order valence-electron chi connectivity index (χ0n) is 14.3. The fourth-order valence-electron chi connectivity index (χ4n) is 4.01. The first-order chi connectivity index (χ1) is 12.2. The molecule has 0 bridgehead atoms. The van der Waals surface area contributed by atoms with E-state index in [9.17, 15) is 4.79 Å². The molecular weight excluding hydrogens is 314 g/mol. The Kier molecular flexibility index (Phi) is 4.19. The van der Waals surface area contributed by atoms with Crippen LogP contribution in [0, 0.1) is 0 Å². The highest BCUT2D eigenvalue weighted by molar-refractivity contribution is 6.14. The van der Waals surface area contributed by atoms with Gasteiger partial charge in [0, 0.05) is 45.7 Å². The lowest BCUT2D eigenvalue weighted by molar-refractivity contribution is 0.128.